The van der Waals surface area contributed by atoms with Gasteiger partial charge in [-0.1, -0.05) is 48.9 Å². The third-order valence-electron chi connectivity index (χ3n) is 5.65. The van der Waals surface area contributed by atoms with Crippen molar-refractivity contribution in [2.24, 2.45) is 0 Å². The molecule has 1 aliphatic rings. The van der Waals surface area contributed by atoms with E-state index in [0.717, 1.165) is 18.7 Å². The van der Waals surface area contributed by atoms with Crippen LogP contribution in [0.3, 0.4) is 0 Å². The molecule has 1 amide bonds. The third-order valence-corrected chi connectivity index (χ3v) is 7.81. The van der Waals surface area contributed by atoms with Gasteiger partial charge in [0, 0.05) is 45.7 Å². The average Bonchev–Trinajstić information content (AvgIpc) is 2.82. The first-order valence-electron chi connectivity index (χ1n) is 10.7. The van der Waals surface area contributed by atoms with Gasteiger partial charge in [-0.2, -0.15) is 4.31 Å². The van der Waals surface area contributed by atoms with Crippen molar-refractivity contribution in [3.05, 3.63) is 59.1 Å². The normalized spacial score (nSPS) is 15.6. The fourth-order valence-corrected chi connectivity index (χ4v) is 5.63. The molecule has 1 saturated heterocycles. The summed E-state index contributed by atoms with van der Waals surface area (Å²) in [5.74, 6) is 0.324. The number of piperazine rings is 1. The van der Waals surface area contributed by atoms with Crippen LogP contribution >= 0.6 is 11.6 Å². The largest absolute Gasteiger partial charge is 0.495 e. The van der Waals surface area contributed by atoms with E-state index in [1.54, 1.807) is 11.0 Å². The van der Waals surface area contributed by atoms with Crippen LogP contribution in [0.15, 0.2) is 53.4 Å². The van der Waals surface area contributed by atoms with Crippen LogP contribution in [0.5, 0.6) is 5.75 Å². The van der Waals surface area contributed by atoms with E-state index in [-0.39, 0.29) is 41.3 Å². The van der Waals surface area contributed by atoms with E-state index < -0.39 is 10.0 Å². The van der Waals surface area contributed by atoms with Crippen LogP contribution in [0.1, 0.15) is 24.8 Å². The summed E-state index contributed by atoms with van der Waals surface area (Å²) < 4.78 is 33.6. The zero-order valence-electron chi connectivity index (χ0n) is 18.5. The molecule has 1 aliphatic heterocycles. The van der Waals surface area contributed by atoms with Gasteiger partial charge >= 0.3 is 0 Å². The lowest BCUT2D eigenvalue weighted by Gasteiger charge is -2.29. The Morgan fingerprint density at radius 3 is 2.50 bits per heavy atom. The summed E-state index contributed by atoms with van der Waals surface area (Å²) in [6, 6.07) is 14.2. The van der Waals surface area contributed by atoms with E-state index in [4.69, 9.17) is 16.3 Å². The van der Waals surface area contributed by atoms with E-state index in [2.05, 4.69) is 5.32 Å². The summed E-state index contributed by atoms with van der Waals surface area (Å²) >= 11 is 6.20. The first-order chi connectivity index (χ1) is 15.3. The van der Waals surface area contributed by atoms with Crippen LogP contribution < -0.4 is 10.1 Å². The zero-order chi connectivity index (χ0) is 23.1. The molecule has 7 nitrogen and oxygen atoms in total. The highest BCUT2D eigenvalue weighted by atomic mass is 35.5. The van der Waals surface area contributed by atoms with Gasteiger partial charge in [-0.15, -0.1) is 0 Å². The minimum absolute atomic E-state index is 0.0353. The van der Waals surface area contributed by atoms with Crippen LogP contribution in [0, 0.1) is 0 Å². The summed E-state index contributed by atoms with van der Waals surface area (Å²) in [5, 5.41) is 3.44. The molecule has 1 N–H and O–H groups in total. The van der Waals surface area contributed by atoms with E-state index in [1.165, 1.54) is 23.5 Å². The van der Waals surface area contributed by atoms with Gasteiger partial charge in [0.2, 0.25) is 15.9 Å². The van der Waals surface area contributed by atoms with Crippen LogP contribution in [-0.4, -0.2) is 69.9 Å². The Labute approximate surface area is 195 Å². The van der Waals surface area contributed by atoms with Crippen molar-refractivity contribution in [3.8, 4) is 5.75 Å². The van der Waals surface area contributed by atoms with Crippen molar-refractivity contribution in [2.75, 3.05) is 46.4 Å². The lowest BCUT2D eigenvalue weighted by molar-refractivity contribution is -0.131. The number of sulfonamides is 1. The summed E-state index contributed by atoms with van der Waals surface area (Å²) in [6.07, 6.45) is 0.130. The summed E-state index contributed by atoms with van der Waals surface area (Å²) in [6.45, 7) is 5.13. The lowest BCUT2D eigenvalue weighted by Crippen LogP contribution is -2.47. The number of amides is 1. The van der Waals surface area contributed by atoms with E-state index in [1.807, 2.05) is 37.3 Å². The topological polar surface area (TPSA) is 79.0 Å². The van der Waals surface area contributed by atoms with Gasteiger partial charge < -0.3 is 15.0 Å². The third kappa shape index (κ3) is 6.01. The number of hydrogen-bond donors (Lipinski definition) is 1. The maximum atomic E-state index is 13.5. The molecular weight excluding hydrogens is 450 g/mol. The summed E-state index contributed by atoms with van der Waals surface area (Å²) in [5.41, 5.74) is 1.04. The molecule has 0 spiro atoms. The van der Waals surface area contributed by atoms with Crippen molar-refractivity contribution in [1.82, 2.24) is 14.5 Å². The van der Waals surface area contributed by atoms with Gasteiger partial charge in [-0.05, 0) is 29.7 Å². The fraction of sp³-hybridized carbons (Fsp3) is 0.435. The van der Waals surface area contributed by atoms with Crippen molar-refractivity contribution in [3.63, 3.8) is 0 Å². The van der Waals surface area contributed by atoms with E-state index in [9.17, 15) is 13.2 Å². The monoisotopic (exact) mass is 479 g/mol. The molecule has 0 aromatic heterocycles. The minimum atomic E-state index is -3.87. The predicted octanol–water partition coefficient (Wildman–Crippen LogP) is 2.96. The van der Waals surface area contributed by atoms with Crippen molar-refractivity contribution in [1.29, 1.82) is 0 Å². The number of carbonyl (C=O) groups excluding carboxylic acids is 1. The number of rotatable bonds is 9. The van der Waals surface area contributed by atoms with Crippen molar-refractivity contribution in [2.45, 2.75) is 24.2 Å². The van der Waals surface area contributed by atoms with Gasteiger partial charge in [0.05, 0.1) is 17.0 Å². The van der Waals surface area contributed by atoms with Gasteiger partial charge in [0.15, 0.2) is 0 Å². The van der Waals surface area contributed by atoms with Crippen LogP contribution in [0.25, 0.3) is 0 Å². The maximum Gasteiger partial charge on any atom is 0.243 e. The molecule has 9 heteroatoms. The Balaban J connectivity index is 1.83. The fourth-order valence-electron chi connectivity index (χ4n) is 3.75. The number of methoxy groups -OCH3 is 1. The van der Waals surface area contributed by atoms with Crippen LogP contribution in [-0.2, 0) is 14.8 Å². The van der Waals surface area contributed by atoms with Gasteiger partial charge in [-0.25, -0.2) is 8.42 Å². The Morgan fingerprint density at radius 1 is 1.19 bits per heavy atom. The number of nitrogens with one attached hydrogen (secondary N) is 1. The van der Waals surface area contributed by atoms with Crippen LogP contribution in [0.2, 0.25) is 5.02 Å². The first-order valence-corrected chi connectivity index (χ1v) is 12.5. The molecule has 1 heterocycles. The molecule has 1 fully saturated rings. The molecular formula is C23H30ClN3O4S. The second-order valence-electron chi connectivity index (χ2n) is 7.85. The molecule has 3 rings (SSSR count). The lowest BCUT2D eigenvalue weighted by atomic mass is 10.0. The van der Waals surface area contributed by atoms with Gasteiger partial charge in [0.1, 0.15) is 5.75 Å². The second-order valence-corrected chi connectivity index (χ2v) is 10.2. The maximum absolute atomic E-state index is 13.5. The average molecular weight is 480 g/mol. The molecule has 1 atom stereocenters. The highest BCUT2D eigenvalue weighted by Crippen LogP contribution is 2.29. The SMILES string of the molecule is COc1ccc(S(=O)(=O)N(CCC(=O)N2CCNCC2)C[C@H](C)c2ccccc2)cc1Cl. The van der Waals surface area contributed by atoms with Crippen molar-refractivity contribution < 1.29 is 17.9 Å². The summed E-state index contributed by atoms with van der Waals surface area (Å²) in [4.78, 5) is 14.6. The molecule has 2 aromatic rings. The second kappa shape index (κ2) is 11.1. The van der Waals surface area contributed by atoms with E-state index in [0.29, 0.717) is 18.8 Å². The highest BCUT2D eigenvalue weighted by molar-refractivity contribution is 7.89. The molecule has 0 saturated carbocycles. The number of nitrogens with zero attached hydrogens (tertiary/aromatic N) is 2. The zero-order valence-corrected chi connectivity index (χ0v) is 20.0. The quantitative estimate of drug-likeness (QED) is 0.598. The number of benzene rings is 2. The van der Waals surface area contributed by atoms with Gasteiger partial charge in [-0.3, -0.25) is 4.79 Å². The summed E-state index contributed by atoms with van der Waals surface area (Å²) in [7, 11) is -2.39. The Morgan fingerprint density at radius 2 is 1.88 bits per heavy atom. The number of halogens is 1. The molecule has 32 heavy (non-hydrogen) atoms. The molecule has 0 radical (unpaired) electrons. The molecule has 0 aliphatic carbocycles. The van der Waals surface area contributed by atoms with Crippen LogP contribution in [0.4, 0.5) is 0 Å². The number of hydrogen-bond acceptors (Lipinski definition) is 5. The first kappa shape index (κ1) is 24.5. The van der Waals surface area contributed by atoms with Gasteiger partial charge in [0.25, 0.3) is 0 Å². The standard InChI is InChI=1S/C23H30ClN3O4S/c1-18(19-6-4-3-5-7-19)17-27(13-10-23(28)26-14-11-25-12-15-26)32(29,30)20-8-9-22(31-2)21(24)16-20/h3-9,16,18,25H,10-15,17H2,1-2H3/t18-/m0/s1. The molecule has 0 bridgehead atoms. The Bertz CT molecular complexity index is 1010. The molecule has 0 unspecified atom stereocenters. The smallest absolute Gasteiger partial charge is 0.243 e. The van der Waals surface area contributed by atoms with Crippen molar-refractivity contribution >= 4 is 27.5 Å². The highest BCUT2D eigenvalue weighted by Gasteiger charge is 2.28. The number of carbonyl (C=O) groups is 1. The predicted molar refractivity (Wildman–Crippen MR) is 126 cm³/mol. The Kier molecular flexibility index (Phi) is 8.53. The molecule has 2 aromatic carbocycles. The minimum Gasteiger partial charge on any atom is -0.495 e. The van der Waals surface area contributed by atoms with E-state index >= 15 is 0 Å². The number of ether oxygens (including phenoxy) is 1. The Hall–Kier alpha value is -2.13. The molecule has 174 valence electrons.